The molecule has 1 atom stereocenters. The first-order valence-electron chi connectivity index (χ1n) is 14.7. The summed E-state index contributed by atoms with van der Waals surface area (Å²) in [5, 5.41) is 5.75. The van der Waals surface area contributed by atoms with Crippen LogP contribution >= 0.6 is 0 Å². The lowest BCUT2D eigenvalue weighted by molar-refractivity contribution is -0.127. The molecule has 0 radical (unpaired) electrons. The van der Waals surface area contributed by atoms with E-state index in [1.807, 2.05) is 64.2 Å². The molecule has 3 heterocycles. The van der Waals surface area contributed by atoms with Gasteiger partial charge in [-0.15, -0.1) is 0 Å². The van der Waals surface area contributed by atoms with Crippen LogP contribution in [-0.4, -0.2) is 67.2 Å². The van der Waals surface area contributed by atoms with Gasteiger partial charge >= 0.3 is 0 Å². The fraction of sp³-hybridized carbons (Fsp3) is 0.375. The van der Waals surface area contributed by atoms with Crippen LogP contribution in [0.4, 0.5) is 5.82 Å². The SMILES string of the molecule is Nc1ncnc2c1c(-c1ccc(Oc3ccccc3)cc1)nn2[C@@H]1CCCN(C(=O)/C=C/CN(C2CC2)C2CC2)C1. The van der Waals surface area contributed by atoms with Gasteiger partial charge in [0, 0.05) is 43.4 Å². The first-order chi connectivity index (χ1) is 20.1. The Morgan fingerprint density at radius 2 is 1.71 bits per heavy atom. The molecule has 41 heavy (non-hydrogen) atoms. The lowest BCUT2D eigenvalue weighted by Crippen LogP contribution is -2.40. The quantitative estimate of drug-likeness (QED) is 0.286. The van der Waals surface area contributed by atoms with Crippen molar-refractivity contribution in [2.24, 2.45) is 0 Å². The van der Waals surface area contributed by atoms with Crippen LogP contribution in [0.3, 0.4) is 0 Å². The average Bonchev–Trinajstić information content (AvgIpc) is 3.95. The van der Waals surface area contributed by atoms with E-state index in [9.17, 15) is 4.79 Å². The summed E-state index contributed by atoms with van der Waals surface area (Å²) in [5.74, 6) is 1.98. The molecule has 1 aliphatic heterocycles. The van der Waals surface area contributed by atoms with Crippen LogP contribution in [0.15, 0.2) is 73.1 Å². The van der Waals surface area contributed by atoms with Crippen molar-refractivity contribution in [2.45, 2.75) is 56.7 Å². The first kappa shape index (κ1) is 25.7. The molecule has 4 aromatic rings. The Morgan fingerprint density at radius 1 is 0.976 bits per heavy atom. The van der Waals surface area contributed by atoms with E-state index in [0.717, 1.165) is 66.2 Å². The zero-order chi connectivity index (χ0) is 27.8. The molecule has 210 valence electrons. The minimum absolute atomic E-state index is 0.00163. The molecule has 3 aliphatic rings. The summed E-state index contributed by atoms with van der Waals surface area (Å²) < 4.78 is 7.91. The standard InChI is InChI=1S/C32H35N7O2/c33-31-29-30(22-10-16-27(17-11-22)41-26-7-2-1-3-8-26)36-39(32(29)35-21-34-31)25-6-4-18-37(20-25)28(40)9-5-19-38(23-12-13-23)24-14-15-24/h1-3,5,7-11,16-17,21,23-25H,4,6,12-15,18-20H2,(H2,33,34,35)/b9-5+/t25-/m1/s1. The molecule has 9 nitrogen and oxygen atoms in total. The Morgan fingerprint density at radius 3 is 2.44 bits per heavy atom. The van der Waals surface area contributed by atoms with E-state index in [0.29, 0.717) is 18.0 Å². The lowest BCUT2D eigenvalue weighted by atomic mass is 10.1. The van der Waals surface area contributed by atoms with Crippen molar-refractivity contribution < 1.29 is 9.53 Å². The molecule has 0 spiro atoms. The Labute approximate surface area is 239 Å². The van der Waals surface area contributed by atoms with Crippen molar-refractivity contribution in [2.75, 3.05) is 25.4 Å². The zero-order valence-corrected chi connectivity index (χ0v) is 23.1. The number of aromatic nitrogens is 4. The minimum Gasteiger partial charge on any atom is -0.457 e. The first-order valence-corrected chi connectivity index (χ1v) is 14.7. The highest BCUT2D eigenvalue weighted by Gasteiger charge is 2.38. The van der Waals surface area contributed by atoms with Gasteiger partial charge in [-0.3, -0.25) is 9.69 Å². The predicted molar refractivity (Wildman–Crippen MR) is 158 cm³/mol. The van der Waals surface area contributed by atoms with E-state index in [1.165, 1.54) is 32.0 Å². The highest BCUT2D eigenvalue weighted by Crippen LogP contribution is 2.37. The third kappa shape index (κ3) is 5.54. The largest absolute Gasteiger partial charge is 0.457 e. The minimum atomic E-state index is 0.00163. The van der Waals surface area contributed by atoms with Crippen molar-refractivity contribution in [3.05, 3.63) is 73.1 Å². The Bertz CT molecular complexity index is 1550. The normalized spacial score (nSPS) is 19.3. The van der Waals surface area contributed by atoms with Gasteiger partial charge in [0.05, 0.1) is 11.4 Å². The molecule has 0 bridgehead atoms. The maximum Gasteiger partial charge on any atom is 0.246 e. The van der Waals surface area contributed by atoms with Gasteiger partial charge in [0.2, 0.25) is 5.91 Å². The number of rotatable bonds is 9. The smallest absolute Gasteiger partial charge is 0.246 e. The second-order valence-corrected chi connectivity index (χ2v) is 11.3. The van der Waals surface area contributed by atoms with Crippen molar-refractivity contribution in [3.8, 4) is 22.8 Å². The number of fused-ring (bicyclic) bond motifs is 1. The number of carbonyl (C=O) groups excluding carboxylic acids is 1. The Hall–Kier alpha value is -4.24. The number of likely N-dealkylation sites (tertiary alicyclic amines) is 1. The van der Waals surface area contributed by atoms with Gasteiger partial charge in [-0.2, -0.15) is 5.10 Å². The lowest BCUT2D eigenvalue weighted by Gasteiger charge is -2.32. The molecule has 2 N–H and O–H groups in total. The number of hydrogen-bond acceptors (Lipinski definition) is 7. The molecule has 0 unspecified atom stereocenters. The average molecular weight is 550 g/mol. The van der Waals surface area contributed by atoms with Crippen LogP contribution < -0.4 is 10.5 Å². The molecule has 1 amide bonds. The Balaban J connectivity index is 1.10. The van der Waals surface area contributed by atoms with E-state index >= 15 is 0 Å². The highest BCUT2D eigenvalue weighted by molar-refractivity contribution is 5.98. The predicted octanol–water partition coefficient (Wildman–Crippen LogP) is 5.21. The van der Waals surface area contributed by atoms with E-state index in [4.69, 9.17) is 15.6 Å². The third-order valence-corrected chi connectivity index (χ3v) is 8.29. The van der Waals surface area contributed by atoms with Gasteiger partial charge in [-0.1, -0.05) is 24.3 Å². The summed E-state index contributed by atoms with van der Waals surface area (Å²) in [4.78, 5) is 26.5. The van der Waals surface area contributed by atoms with Crippen LogP contribution in [0, 0.1) is 0 Å². The number of ether oxygens (including phenoxy) is 1. The molecular formula is C32H35N7O2. The second kappa shape index (κ2) is 11.0. The van der Waals surface area contributed by atoms with Crippen LogP contribution in [0.2, 0.25) is 0 Å². The number of hydrogen-bond donors (Lipinski definition) is 1. The fourth-order valence-corrected chi connectivity index (χ4v) is 5.90. The van der Waals surface area contributed by atoms with Crippen LogP contribution in [0.1, 0.15) is 44.6 Å². The molecule has 7 rings (SSSR count). The maximum absolute atomic E-state index is 13.2. The third-order valence-electron chi connectivity index (χ3n) is 8.29. The second-order valence-electron chi connectivity index (χ2n) is 11.3. The van der Waals surface area contributed by atoms with Crippen molar-refractivity contribution in [1.29, 1.82) is 0 Å². The monoisotopic (exact) mass is 549 g/mol. The number of amides is 1. The van der Waals surface area contributed by atoms with Crippen molar-refractivity contribution in [3.63, 3.8) is 0 Å². The fourth-order valence-electron chi connectivity index (χ4n) is 5.90. The van der Waals surface area contributed by atoms with E-state index in [1.54, 1.807) is 6.08 Å². The number of anilines is 1. The topological polar surface area (TPSA) is 102 Å². The molecule has 2 aromatic carbocycles. The number of para-hydroxylation sites is 1. The summed E-state index contributed by atoms with van der Waals surface area (Å²) in [6.45, 7) is 2.21. The molecule has 2 aliphatic carbocycles. The van der Waals surface area contributed by atoms with Crippen LogP contribution in [0.25, 0.3) is 22.3 Å². The van der Waals surface area contributed by atoms with Crippen LogP contribution in [0.5, 0.6) is 11.5 Å². The number of carbonyl (C=O) groups is 1. The van der Waals surface area contributed by atoms with Crippen molar-refractivity contribution >= 4 is 22.8 Å². The van der Waals surface area contributed by atoms with E-state index in [2.05, 4.69) is 20.9 Å². The van der Waals surface area contributed by atoms with E-state index < -0.39 is 0 Å². The highest BCUT2D eigenvalue weighted by atomic mass is 16.5. The summed E-state index contributed by atoms with van der Waals surface area (Å²) in [6.07, 6.45) is 12.3. The number of piperidine rings is 1. The number of benzene rings is 2. The molecule has 2 saturated carbocycles. The van der Waals surface area contributed by atoms with Gasteiger partial charge < -0.3 is 15.4 Å². The molecule has 9 heteroatoms. The summed E-state index contributed by atoms with van der Waals surface area (Å²) in [7, 11) is 0. The number of nitrogens with two attached hydrogens (primary N) is 1. The molecule has 3 fully saturated rings. The summed E-state index contributed by atoms with van der Waals surface area (Å²) >= 11 is 0. The van der Waals surface area contributed by atoms with Gasteiger partial charge in [0.25, 0.3) is 0 Å². The number of nitrogens with zero attached hydrogens (tertiary/aromatic N) is 6. The molecule has 1 saturated heterocycles. The summed E-state index contributed by atoms with van der Waals surface area (Å²) in [6, 6.07) is 19.0. The number of nitrogen functional groups attached to an aromatic ring is 1. The maximum atomic E-state index is 13.2. The summed E-state index contributed by atoms with van der Waals surface area (Å²) in [5.41, 5.74) is 8.69. The molecular weight excluding hydrogens is 514 g/mol. The Kier molecular flexibility index (Phi) is 6.88. The zero-order valence-electron chi connectivity index (χ0n) is 23.1. The van der Waals surface area contributed by atoms with Crippen molar-refractivity contribution in [1.82, 2.24) is 29.5 Å². The van der Waals surface area contributed by atoms with E-state index in [-0.39, 0.29) is 11.9 Å². The van der Waals surface area contributed by atoms with Gasteiger partial charge in [0.15, 0.2) is 5.65 Å². The van der Waals surface area contributed by atoms with Gasteiger partial charge in [-0.05, 0) is 74.9 Å². The van der Waals surface area contributed by atoms with Crippen LogP contribution in [-0.2, 0) is 4.79 Å². The molecule has 2 aromatic heterocycles. The van der Waals surface area contributed by atoms with Gasteiger partial charge in [0.1, 0.15) is 29.3 Å². The van der Waals surface area contributed by atoms with Gasteiger partial charge in [-0.25, -0.2) is 14.6 Å².